The van der Waals surface area contributed by atoms with Crippen molar-refractivity contribution in [1.82, 2.24) is 14.7 Å². The average Bonchev–Trinajstić information content (AvgIpc) is 2.83. The molecule has 1 aromatic rings. The fraction of sp³-hybridized carbons (Fsp3) is 0.667. The molecule has 5 nitrogen and oxygen atoms in total. The van der Waals surface area contributed by atoms with Crippen molar-refractivity contribution in [3.8, 4) is 0 Å². The molecule has 0 spiro atoms. The highest BCUT2D eigenvalue weighted by atomic mass is 16.2. The molecule has 1 unspecified atom stereocenters. The van der Waals surface area contributed by atoms with Gasteiger partial charge in [0.25, 0.3) is 0 Å². The number of hydrogen-bond acceptors (Lipinski definition) is 3. The number of nitrogens with zero attached hydrogens (tertiary/aromatic N) is 3. The Balaban J connectivity index is 2.12. The van der Waals surface area contributed by atoms with Crippen molar-refractivity contribution >= 4 is 5.91 Å². The zero-order chi connectivity index (χ0) is 12.6. The molecule has 0 saturated carbocycles. The summed E-state index contributed by atoms with van der Waals surface area (Å²) in [6, 6.07) is 1.88. The topological polar surface area (TPSA) is 64.2 Å². The molecule has 0 aliphatic carbocycles. The van der Waals surface area contributed by atoms with Gasteiger partial charge in [0.15, 0.2) is 0 Å². The van der Waals surface area contributed by atoms with Crippen molar-refractivity contribution in [2.24, 2.45) is 5.73 Å². The highest BCUT2D eigenvalue weighted by molar-refractivity contribution is 5.80. The molecule has 0 bridgehead atoms. The molecule has 0 radical (unpaired) electrons. The van der Waals surface area contributed by atoms with E-state index in [4.69, 9.17) is 5.73 Å². The van der Waals surface area contributed by atoms with Crippen LogP contribution >= 0.6 is 0 Å². The van der Waals surface area contributed by atoms with Crippen molar-refractivity contribution in [3.05, 3.63) is 17.5 Å². The molecular formula is C12H20N4O. The summed E-state index contributed by atoms with van der Waals surface area (Å²) in [5.41, 5.74) is 7.78. The summed E-state index contributed by atoms with van der Waals surface area (Å²) >= 11 is 0. The molecule has 2 heterocycles. The number of likely N-dealkylation sites (tertiary alicyclic amines) is 1. The fourth-order valence-corrected chi connectivity index (χ4v) is 2.39. The Bertz CT molecular complexity index is 426. The van der Waals surface area contributed by atoms with Crippen LogP contribution in [-0.2, 0) is 4.79 Å². The van der Waals surface area contributed by atoms with Crippen LogP contribution in [0.2, 0.25) is 0 Å². The molecule has 2 atom stereocenters. The molecule has 2 rings (SSSR count). The minimum atomic E-state index is -0.242. The van der Waals surface area contributed by atoms with Crippen molar-refractivity contribution in [2.75, 3.05) is 13.1 Å². The van der Waals surface area contributed by atoms with E-state index in [2.05, 4.69) is 5.10 Å². The largest absolute Gasteiger partial charge is 0.339 e. The Kier molecular flexibility index (Phi) is 3.19. The van der Waals surface area contributed by atoms with Gasteiger partial charge in [-0.05, 0) is 33.3 Å². The number of aryl methyl sites for hydroxylation is 2. The molecule has 1 amide bonds. The number of carbonyl (C=O) groups is 1. The van der Waals surface area contributed by atoms with Gasteiger partial charge in [-0.2, -0.15) is 5.10 Å². The van der Waals surface area contributed by atoms with E-state index in [1.165, 1.54) is 0 Å². The predicted octanol–water partition coefficient (Wildman–Crippen LogP) is 0.621. The highest BCUT2D eigenvalue weighted by Gasteiger charge is 2.28. The zero-order valence-corrected chi connectivity index (χ0v) is 10.7. The van der Waals surface area contributed by atoms with Crippen LogP contribution < -0.4 is 5.73 Å². The van der Waals surface area contributed by atoms with E-state index in [9.17, 15) is 4.79 Å². The van der Waals surface area contributed by atoms with Crippen LogP contribution in [0.3, 0.4) is 0 Å². The second-order valence-electron chi connectivity index (χ2n) is 4.88. The van der Waals surface area contributed by atoms with E-state index < -0.39 is 0 Å². The van der Waals surface area contributed by atoms with Crippen molar-refractivity contribution in [1.29, 1.82) is 0 Å². The summed E-state index contributed by atoms with van der Waals surface area (Å²) in [6.07, 6.45) is 0.898. The first-order valence-corrected chi connectivity index (χ1v) is 6.06. The zero-order valence-electron chi connectivity index (χ0n) is 10.7. The maximum Gasteiger partial charge on any atom is 0.247 e. The minimum absolute atomic E-state index is 0.115. The van der Waals surface area contributed by atoms with Gasteiger partial charge in [-0.15, -0.1) is 0 Å². The summed E-state index contributed by atoms with van der Waals surface area (Å²) in [5, 5.41) is 4.36. The average molecular weight is 236 g/mol. The van der Waals surface area contributed by atoms with E-state index in [0.717, 1.165) is 24.4 Å². The Hall–Kier alpha value is -1.36. The molecule has 5 heteroatoms. The number of hydrogen-bond donors (Lipinski definition) is 1. The molecule has 1 fully saturated rings. The van der Waals surface area contributed by atoms with Crippen molar-refractivity contribution in [3.63, 3.8) is 0 Å². The van der Waals surface area contributed by atoms with Crippen LogP contribution in [0, 0.1) is 13.8 Å². The molecule has 1 aromatic heterocycles. The van der Waals surface area contributed by atoms with E-state index in [1.807, 2.05) is 31.7 Å². The summed E-state index contributed by atoms with van der Waals surface area (Å²) in [7, 11) is 0. The third-order valence-electron chi connectivity index (χ3n) is 3.31. The lowest BCUT2D eigenvalue weighted by molar-refractivity contribution is -0.133. The molecular weight excluding hydrogens is 216 g/mol. The van der Waals surface area contributed by atoms with E-state index >= 15 is 0 Å². The first-order chi connectivity index (χ1) is 7.99. The number of nitrogens with two attached hydrogens (primary N) is 1. The number of amides is 1. The first kappa shape index (κ1) is 12.1. The summed E-state index contributed by atoms with van der Waals surface area (Å²) < 4.78 is 1.79. The monoisotopic (exact) mass is 236 g/mol. The number of aromatic nitrogens is 2. The highest BCUT2D eigenvalue weighted by Crippen LogP contribution is 2.17. The van der Waals surface area contributed by atoms with Gasteiger partial charge in [0.1, 0.15) is 6.04 Å². The fourth-order valence-electron chi connectivity index (χ4n) is 2.39. The van der Waals surface area contributed by atoms with Gasteiger partial charge in [0, 0.05) is 24.8 Å². The Labute approximate surface area is 102 Å². The van der Waals surface area contributed by atoms with Gasteiger partial charge >= 0.3 is 0 Å². The SMILES string of the molecule is Cc1cc(C)n(C(C)C(=O)N2CC[C@@H](N)C2)n1. The predicted molar refractivity (Wildman–Crippen MR) is 65.6 cm³/mol. The van der Waals surface area contributed by atoms with Crippen LogP contribution in [0.5, 0.6) is 0 Å². The van der Waals surface area contributed by atoms with Crippen molar-refractivity contribution in [2.45, 2.75) is 39.3 Å². The Morgan fingerprint density at radius 3 is 2.76 bits per heavy atom. The second-order valence-corrected chi connectivity index (χ2v) is 4.88. The third-order valence-corrected chi connectivity index (χ3v) is 3.31. The molecule has 94 valence electrons. The second kappa shape index (κ2) is 4.49. The lowest BCUT2D eigenvalue weighted by Gasteiger charge is -2.21. The van der Waals surface area contributed by atoms with Crippen LogP contribution in [0.15, 0.2) is 6.07 Å². The smallest absolute Gasteiger partial charge is 0.247 e. The van der Waals surface area contributed by atoms with E-state index in [1.54, 1.807) is 4.68 Å². The van der Waals surface area contributed by atoms with E-state index in [-0.39, 0.29) is 18.0 Å². The van der Waals surface area contributed by atoms with Gasteiger partial charge in [-0.25, -0.2) is 0 Å². The molecule has 2 N–H and O–H groups in total. The normalized spacial score (nSPS) is 21.9. The van der Waals surface area contributed by atoms with Gasteiger partial charge < -0.3 is 10.6 Å². The quantitative estimate of drug-likeness (QED) is 0.818. The summed E-state index contributed by atoms with van der Waals surface area (Å²) in [6.45, 7) is 7.24. The van der Waals surface area contributed by atoms with E-state index in [0.29, 0.717) is 6.54 Å². The standard InChI is InChI=1S/C12H20N4O/c1-8-6-9(2)16(14-8)10(3)12(17)15-5-4-11(13)7-15/h6,10-11H,4-5,7,13H2,1-3H3/t10?,11-/m1/s1. The first-order valence-electron chi connectivity index (χ1n) is 6.06. The molecule has 1 aliphatic rings. The van der Waals surface area contributed by atoms with Crippen LogP contribution in [0.4, 0.5) is 0 Å². The number of rotatable bonds is 2. The third kappa shape index (κ3) is 2.34. The maximum atomic E-state index is 12.3. The van der Waals surface area contributed by atoms with Crippen LogP contribution in [0.1, 0.15) is 30.8 Å². The molecule has 1 aliphatic heterocycles. The Morgan fingerprint density at radius 2 is 2.29 bits per heavy atom. The van der Waals surface area contributed by atoms with Gasteiger partial charge in [0.2, 0.25) is 5.91 Å². The number of carbonyl (C=O) groups excluding carboxylic acids is 1. The molecule has 0 aromatic carbocycles. The summed E-state index contributed by atoms with van der Waals surface area (Å²) in [5.74, 6) is 0.115. The van der Waals surface area contributed by atoms with Crippen LogP contribution in [0.25, 0.3) is 0 Å². The minimum Gasteiger partial charge on any atom is -0.339 e. The summed E-state index contributed by atoms with van der Waals surface area (Å²) in [4.78, 5) is 14.1. The van der Waals surface area contributed by atoms with Gasteiger partial charge in [-0.1, -0.05) is 0 Å². The molecule has 17 heavy (non-hydrogen) atoms. The van der Waals surface area contributed by atoms with Crippen molar-refractivity contribution < 1.29 is 4.79 Å². The lowest BCUT2D eigenvalue weighted by atomic mass is 10.3. The lowest BCUT2D eigenvalue weighted by Crippen LogP contribution is -2.37. The maximum absolute atomic E-state index is 12.3. The van der Waals surface area contributed by atoms with Gasteiger partial charge in [-0.3, -0.25) is 9.48 Å². The Morgan fingerprint density at radius 1 is 1.59 bits per heavy atom. The van der Waals surface area contributed by atoms with Gasteiger partial charge in [0.05, 0.1) is 5.69 Å². The molecule has 1 saturated heterocycles. The van der Waals surface area contributed by atoms with Crippen LogP contribution in [-0.4, -0.2) is 39.7 Å².